The quantitative estimate of drug-likeness (QED) is 0.369. The molecule has 0 aliphatic heterocycles. The first kappa shape index (κ1) is 26.6. The van der Waals surface area contributed by atoms with Gasteiger partial charge >= 0.3 is 6.18 Å². The molecule has 0 spiro atoms. The highest BCUT2D eigenvalue weighted by Gasteiger charge is 2.31. The Morgan fingerprint density at radius 1 is 1.17 bits per heavy atom. The predicted molar refractivity (Wildman–Crippen MR) is 129 cm³/mol. The fraction of sp³-hybridized carbons (Fsp3) is 0.273. The van der Waals surface area contributed by atoms with Crippen LogP contribution in [0, 0.1) is 0 Å². The molecule has 14 heteroatoms. The maximum atomic E-state index is 15.2. The number of benzene rings is 1. The van der Waals surface area contributed by atoms with E-state index in [4.69, 9.17) is 23.2 Å². The van der Waals surface area contributed by atoms with Crippen LogP contribution in [-0.4, -0.2) is 36.4 Å². The Balaban J connectivity index is 1.53. The molecule has 0 saturated heterocycles. The summed E-state index contributed by atoms with van der Waals surface area (Å²) in [5.41, 5.74) is 0.863. The Morgan fingerprint density at radius 3 is 2.47 bits per heavy atom. The number of nitrogens with zero attached hydrogens (tertiary/aromatic N) is 2. The van der Waals surface area contributed by atoms with Gasteiger partial charge in [-0.05, 0) is 55.2 Å². The zero-order chi connectivity index (χ0) is 26.3. The van der Waals surface area contributed by atoms with Crippen LogP contribution in [0.25, 0.3) is 11.3 Å². The number of carbonyl (C=O) groups excluding carboxylic acids is 1. The number of aromatic nitrogens is 2. The van der Waals surface area contributed by atoms with E-state index in [2.05, 4.69) is 10.4 Å². The Morgan fingerprint density at radius 2 is 1.86 bits per heavy atom. The van der Waals surface area contributed by atoms with Crippen molar-refractivity contribution in [2.24, 2.45) is 0 Å². The van der Waals surface area contributed by atoms with Crippen molar-refractivity contribution < 1.29 is 30.8 Å². The van der Waals surface area contributed by atoms with Crippen LogP contribution in [0.15, 0.2) is 46.6 Å². The number of allylic oxidation sites excluding steroid dienone is 1. The Hall–Kier alpha value is -2.41. The van der Waals surface area contributed by atoms with Gasteiger partial charge < -0.3 is 5.32 Å². The van der Waals surface area contributed by atoms with Crippen molar-refractivity contribution in [2.75, 3.05) is 12.3 Å². The van der Waals surface area contributed by atoms with Crippen molar-refractivity contribution in [3.05, 3.63) is 68.5 Å². The smallest absolute Gasteiger partial charge is 0.349 e. The molecule has 1 aliphatic rings. The third-order valence-electron chi connectivity index (χ3n) is 5.46. The number of amides is 1. The Bertz CT molecular complexity index is 1430. The van der Waals surface area contributed by atoms with E-state index < -0.39 is 45.6 Å². The molecule has 4 rings (SSSR count). The molecule has 2 aromatic heterocycles. The van der Waals surface area contributed by atoms with Gasteiger partial charge in [0.1, 0.15) is 20.1 Å². The first-order valence-electron chi connectivity index (χ1n) is 10.4. The van der Waals surface area contributed by atoms with Gasteiger partial charge in [0.05, 0.1) is 34.7 Å². The lowest BCUT2D eigenvalue weighted by molar-refractivity contribution is -0.137. The van der Waals surface area contributed by atoms with Crippen molar-refractivity contribution >= 4 is 55.9 Å². The van der Waals surface area contributed by atoms with Gasteiger partial charge in [-0.3, -0.25) is 4.79 Å². The van der Waals surface area contributed by atoms with Gasteiger partial charge in [0.15, 0.2) is 9.84 Å². The van der Waals surface area contributed by atoms with E-state index in [1.807, 2.05) is 0 Å². The van der Waals surface area contributed by atoms with Crippen molar-refractivity contribution in [3.8, 4) is 5.69 Å². The van der Waals surface area contributed by atoms with E-state index in [1.165, 1.54) is 23.0 Å². The van der Waals surface area contributed by atoms with Gasteiger partial charge in [0.2, 0.25) is 5.91 Å². The number of hydrogen-bond donors (Lipinski definition) is 1. The fourth-order valence-electron chi connectivity index (χ4n) is 3.77. The number of aryl methyl sites for hydroxylation is 1. The number of hydrogen-bond acceptors (Lipinski definition) is 5. The summed E-state index contributed by atoms with van der Waals surface area (Å²) in [7, 11) is -4.03. The molecular weight excluding hydrogens is 565 g/mol. The molecule has 6 nitrogen and oxygen atoms in total. The molecule has 0 unspecified atom stereocenters. The van der Waals surface area contributed by atoms with Crippen LogP contribution >= 0.6 is 34.5 Å². The van der Waals surface area contributed by atoms with Crippen LogP contribution in [0.4, 0.5) is 17.6 Å². The maximum Gasteiger partial charge on any atom is 0.416 e. The molecule has 0 fully saturated rings. The lowest BCUT2D eigenvalue weighted by atomic mass is 9.92. The van der Waals surface area contributed by atoms with Crippen molar-refractivity contribution in [1.82, 2.24) is 15.1 Å². The number of rotatable bonds is 6. The minimum absolute atomic E-state index is 0.0502. The van der Waals surface area contributed by atoms with Crippen LogP contribution in [0.3, 0.4) is 0 Å². The van der Waals surface area contributed by atoms with E-state index in [-0.39, 0.29) is 19.1 Å². The number of nitrogens with one attached hydrogen (secondary N) is 1. The summed E-state index contributed by atoms with van der Waals surface area (Å²) in [5, 5.41) is 6.54. The van der Waals surface area contributed by atoms with Crippen molar-refractivity contribution in [3.63, 3.8) is 0 Å². The van der Waals surface area contributed by atoms with Crippen LogP contribution in [-0.2, 0) is 27.2 Å². The maximum absolute atomic E-state index is 15.2. The van der Waals surface area contributed by atoms with E-state index in [1.54, 1.807) is 0 Å². The van der Waals surface area contributed by atoms with Crippen LogP contribution in [0.1, 0.15) is 29.7 Å². The molecule has 0 radical (unpaired) electrons. The fourth-order valence-corrected chi connectivity index (χ4v) is 6.90. The van der Waals surface area contributed by atoms with Gasteiger partial charge in [0.25, 0.3) is 0 Å². The third kappa shape index (κ3) is 5.61. The normalized spacial score (nSPS) is 15.5. The van der Waals surface area contributed by atoms with E-state index in [0.717, 1.165) is 18.2 Å². The highest BCUT2D eigenvalue weighted by molar-refractivity contribution is 7.94. The average molecular weight is 582 g/mol. The molecule has 2 heterocycles. The zero-order valence-corrected chi connectivity index (χ0v) is 21.3. The summed E-state index contributed by atoms with van der Waals surface area (Å²) >= 11 is 12.3. The van der Waals surface area contributed by atoms with Crippen LogP contribution in [0.2, 0.25) is 9.36 Å². The number of halogens is 6. The zero-order valence-electron chi connectivity index (χ0n) is 18.2. The topological polar surface area (TPSA) is 81.1 Å². The SMILES string of the molecule is O=C(CS(=O)(=O)c1cc(Cl)c(Cl)s1)NC/C(F)=C1\CCCc2cnn(-c3ccc(C(F)(F)F)cc3)c21. The van der Waals surface area contributed by atoms with Gasteiger partial charge in [-0.1, -0.05) is 23.2 Å². The number of alkyl halides is 3. The highest BCUT2D eigenvalue weighted by atomic mass is 35.5. The summed E-state index contributed by atoms with van der Waals surface area (Å²) in [6, 6.07) is 5.47. The minimum atomic E-state index is -4.49. The highest BCUT2D eigenvalue weighted by Crippen LogP contribution is 2.36. The Labute approximate surface area is 217 Å². The summed E-state index contributed by atoms with van der Waals surface area (Å²) in [6.45, 7) is -0.562. The van der Waals surface area contributed by atoms with E-state index in [9.17, 15) is 26.4 Å². The van der Waals surface area contributed by atoms with E-state index >= 15 is 4.39 Å². The summed E-state index contributed by atoms with van der Waals surface area (Å²) in [5.74, 6) is -2.53. The predicted octanol–water partition coefficient (Wildman–Crippen LogP) is 5.87. The molecule has 3 aromatic rings. The first-order chi connectivity index (χ1) is 16.9. The summed E-state index contributed by atoms with van der Waals surface area (Å²) in [4.78, 5) is 12.3. The molecular formula is C22H17Cl2F4N3O3S2. The van der Waals surface area contributed by atoms with Crippen molar-refractivity contribution in [1.29, 1.82) is 0 Å². The molecule has 1 amide bonds. The van der Waals surface area contributed by atoms with E-state index in [0.29, 0.717) is 47.5 Å². The molecule has 0 atom stereocenters. The largest absolute Gasteiger partial charge is 0.416 e. The molecule has 1 N–H and O–H groups in total. The number of sulfone groups is 1. The van der Waals surface area contributed by atoms with Gasteiger partial charge in [0, 0.05) is 5.57 Å². The van der Waals surface area contributed by atoms with Crippen molar-refractivity contribution in [2.45, 2.75) is 29.6 Å². The van der Waals surface area contributed by atoms with Gasteiger partial charge in [-0.25, -0.2) is 17.5 Å². The second-order valence-electron chi connectivity index (χ2n) is 7.93. The first-order valence-corrected chi connectivity index (χ1v) is 13.7. The molecule has 36 heavy (non-hydrogen) atoms. The number of thiophene rings is 1. The van der Waals surface area contributed by atoms with Gasteiger partial charge in [-0.2, -0.15) is 18.3 Å². The second-order valence-corrected chi connectivity index (χ2v) is 12.2. The average Bonchev–Trinajstić information content (AvgIpc) is 3.40. The Kier molecular flexibility index (Phi) is 7.52. The molecule has 192 valence electrons. The third-order valence-corrected chi connectivity index (χ3v) is 9.51. The van der Waals surface area contributed by atoms with Gasteiger partial charge in [-0.15, -0.1) is 11.3 Å². The number of fused-ring (bicyclic) bond motifs is 1. The lowest BCUT2D eigenvalue weighted by Gasteiger charge is -2.19. The summed E-state index contributed by atoms with van der Waals surface area (Å²) < 4.78 is 80.0. The number of carbonyl (C=O) groups is 1. The monoisotopic (exact) mass is 581 g/mol. The summed E-state index contributed by atoms with van der Waals surface area (Å²) in [6.07, 6.45) is -1.44. The lowest BCUT2D eigenvalue weighted by Crippen LogP contribution is -2.31. The van der Waals surface area contributed by atoms with Crippen LogP contribution in [0.5, 0.6) is 0 Å². The molecule has 0 saturated carbocycles. The molecule has 1 aromatic carbocycles. The minimum Gasteiger partial charge on any atom is -0.349 e. The molecule has 1 aliphatic carbocycles. The standard InChI is InChI=1S/C22H17Cl2F4N3O3S2/c23-16-8-19(35-21(16)24)36(33,34)11-18(32)29-10-17(25)15-3-1-2-12-9-30-31(20(12)15)14-6-4-13(5-7-14)22(26,27)28/h4-9H,1-3,10-11H2,(H,29,32)/b17-15-. The molecule has 0 bridgehead atoms. The van der Waals surface area contributed by atoms with Crippen LogP contribution < -0.4 is 5.32 Å². The second kappa shape index (κ2) is 10.2.